The first kappa shape index (κ1) is 67.2. The lowest BCUT2D eigenvalue weighted by molar-refractivity contribution is -0.330. The summed E-state index contributed by atoms with van der Waals surface area (Å²) in [6.45, 7) is 4.80. The number of unbranched alkanes of at least 4 members (excludes halogenated alkanes) is 2. The Labute approximate surface area is 462 Å². The molecule has 2 heterocycles. The maximum atomic E-state index is 13.1. The van der Waals surface area contributed by atoms with Crippen molar-refractivity contribution >= 4 is 52.9 Å². The van der Waals surface area contributed by atoms with Crippen LogP contribution in [0.2, 0.25) is 0 Å². The molecule has 0 aromatic heterocycles. The van der Waals surface area contributed by atoms with Gasteiger partial charge in [-0.2, -0.15) is 11.8 Å². The quantitative estimate of drug-likeness (QED) is 0.0333. The van der Waals surface area contributed by atoms with Gasteiger partial charge >= 0.3 is 0 Å². The van der Waals surface area contributed by atoms with Gasteiger partial charge in [-0.05, 0) is 96.8 Å². The molecule has 0 aromatic rings. The molecule has 2 aliphatic heterocycles. The van der Waals surface area contributed by atoms with Crippen LogP contribution in [0.4, 0.5) is 0 Å². The number of ether oxygens (including phenoxy) is 5. The van der Waals surface area contributed by atoms with Crippen molar-refractivity contribution in [3.8, 4) is 0 Å². The van der Waals surface area contributed by atoms with Gasteiger partial charge in [-0.3, -0.25) is 24.0 Å². The number of rotatable bonds is 36. The Balaban J connectivity index is 1.16. The van der Waals surface area contributed by atoms with E-state index in [0.29, 0.717) is 76.1 Å². The van der Waals surface area contributed by atoms with Crippen LogP contribution in [0.1, 0.15) is 117 Å². The van der Waals surface area contributed by atoms with E-state index < -0.39 is 97.5 Å². The van der Waals surface area contributed by atoms with Crippen LogP contribution in [0.25, 0.3) is 0 Å². The van der Waals surface area contributed by atoms with Crippen molar-refractivity contribution in [2.24, 2.45) is 11.8 Å². The third-order valence-corrected chi connectivity index (χ3v) is 16.9. The SMILES string of the molecule is CNC(CCCCNC(=O)CSCCCC(=O)NCC1OCCC(OC2CC(CO)C(O)C(O[CH]CC3CCCCC3)C2O)C1OC1OC(C)C(O)C(O)C1O)C(=O)NC(CCCCNC(=O)CSCC(O)CO)C(C)=O. The molecule has 13 N–H and O–H groups in total. The highest BCUT2D eigenvalue weighted by atomic mass is 32.2. The number of nitrogens with one attached hydrogen (secondary N) is 5. The average Bonchev–Trinajstić information content (AvgIpc) is 3.41. The number of hydrogen-bond acceptors (Lipinski definition) is 21. The molecule has 445 valence electrons. The van der Waals surface area contributed by atoms with Gasteiger partial charge in [-0.25, -0.2) is 0 Å². The summed E-state index contributed by atoms with van der Waals surface area (Å²) in [4.78, 5) is 63.0. The Morgan fingerprint density at radius 2 is 1.42 bits per heavy atom. The number of carbonyl (C=O) groups excluding carboxylic acids is 5. The van der Waals surface area contributed by atoms with Crippen molar-refractivity contribution < 1.29 is 88.5 Å². The number of Topliss-reactive ketones (excluding diaryl/α,β-unsaturated/α-hetero) is 1. The molecule has 2 saturated carbocycles. The molecule has 16 unspecified atom stereocenters. The van der Waals surface area contributed by atoms with Crippen LogP contribution in [-0.4, -0.2) is 231 Å². The van der Waals surface area contributed by atoms with E-state index in [1.807, 2.05) is 0 Å². The first-order chi connectivity index (χ1) is 37.0. The molecule has 2 saturated heterocycles. The number of aliphatic hydroxyl groups excluding tert-OH is 8. The highest BCUT2D eigenvalue weighted by molar-refractivity contribution is 8.00. The van der Waals surface area contributed by atoms with E-state index in [-0.39, 0.29) is 92.3 Å². The van der Waals surface area contributed by atoms with Crippen molar-refractivity contribution in [1.29, 1.82) is 0 Å². The van der Waals surface area contributed by atoms with E-state index in [0.717, 1.165) is 25.7 Å². The minimum absolute atomic E-state index is 0.0413. The summed E-state index contributed by atoms with van der Waals surface area (Å²) in [6.07, 6.45) is -4.24. The standard InChI is InChI=1S/C52H92N5O18S2/c1-31(60)36(14-7-9-19-55-43(64)30-77-28-35(61)27-59)57-51(70)37(53-3)15-8-10-20-54-42(63)29-76-23-11-16-41(62)56-25-40-49(75-52-48(69)47(68)44(65)32(2)73-52)38(18-22-71-40)74-39-24-34(26-58)45(66)50(46(39)67)72-21-17-33-12-5-4-6-13-33/h21,32-40,44-50,52-53,58-59,61,65-69H,4-20,22-30H2,1-3H3,(H,54,63)(H,55,64)(H,56,62)(H,57,70). The smallest absolute Gasteiger partial charge is 0.237 e. The molecule has 16 atom stereocenters. The van der Waals surface area contributed by atoms with E-state index >= 15 is 0 Å². The third kappa shape index (κ3) is 23.6. The van der Waals surface area contributed by atoms with Crippen molar-refractivity contribution in [3.05, 3.63) is 6.61 Å². The van der Waals surface area contributed by atoms with Gasteiger partial charge in [-0.1, -0.05) is 32.1 Å². The van der Waals surface area contributed by atoms with E-state index in [2.05, 4.69) is 26.6 Å². The lowest BCUT2D eigenvalue weighted by Crippen LogP contribution is -2.62. The second kappa shape index (κ2) is 36.9. The predicted octanol–water partition coefficient (Wildman–Crippen LogP) is -1.06. The molecule has 23 nitrogen and oxygen atoms in total. The third-order valence-electron chi connectivity index (χ3n) is 14.8. The Kier molecular flexibility index (Phi) is 32.2. The van der Waals surface area contributed by atoms with Gasteiger partial charge in [0.15, 0.2) is 12.1 Å². The van der Waals surface area contributed by atoms with Crippen LogP contribution in [0.5, 0.6) is 0 Å². The maximum absolute atomic E-state index is 13.1. The topological polar surface area (TPSA) is 353 Å². The maximum Gasteiger partial charge on any atom is 0.237 e. The fourth-order valence-corrected chi connectivity index (χ4v) is 11.6. The number of likely N-dealkylation sites (N-methyl/N-ethyl adjacent to an activating group) is 1. The average molecular weight is 1140 g/mol. The fraction of sp³-hybridized carbons (Fsp3) is 0.885. The van der Waals surface area contributed by atoms with Gasteiger partial charge in [0.05, 0.1) is 67.3 Å². The van der Waals surface area contributed by atoms with Crippen molar-refractivity contribution in [2.75, 3.05) is 69.5 Å². The van der Waals surface area contributed by atoms with E-state index in [4.69, 9.17) is 28.8 Å². The molecule has 4 fully saturated rings. The van der Waals surface area contributed by atoms with Gasteiger partial charge < -0.3 is 91.1 Å². The minimum atomic E-state index is -1.65. The van der Waals surface area contributed by atoms with E-state index in [1.165, 1.54) is 43.8 Å². The first-order valence-corrected chi connectivity index (χ1v) is 30.1. The Morgan fingerprint density at radius 1 is 0.740 bits per heavy atom. The summed E-state index contributed by atoms with van der Waals surface area (Å²) in [5.74, 6) is -0.175. The Bertz CT molecular complexity index is 1730. The lowest BCUT2D eigenvalue weighted by atomic mass is 9.80. The molecular weight excluding hydrogens is 1050 g/mol. The molecule has 0 spiro atoms. The molecule has 77 heavy (non-hydrogen) atoms. The van der Waals surface area contributed by atoms with Crippen LogP contribution in [0, 0.1) is 18.4 Å². The largest absolute Gasteiger partial charge is 0.396 e. The van der Waals surface area contributed by atoms with Crippen LogP contribution in [0.3, 0.4) is 0 Å². The number of thioether (sulfide) groups is 2. The summed E-state index contributed by atoms with van der Waals surface area (Å²) in [5, 5.41) is 97.4. The predicted molar refractivity (Wildman–Crippen MR) is 287 cm³/mol. The highest BCUT2D eigenvalue weighted by Crippen LogP contribution is 2.35. The molecule has 4 amide bonds. The van der Waals surface area contributed by atoms with Gasteiger partial charge in [0.1, 0.15) is 42.7 Å². The van der Waals surface area contributed by atoms with Crippen molar-refractivity contribution in [2.45, 2.75) is 208 Å². The zero-order chi connectivity index (χ0) is 56.3. The summed E-state index contributed by atoms with van der Waals surface area (Å²) in [7, 11) is 1.67. The number of aliphatic hydroxyl groups is 8. The first-order valence-electron chi connectivity index (χ1n) is 27.8. The molecule has 25 heteroatoms. The van der Waals surface area contributed by atoms with Crippen LogP contribution in [-0.2, 0) is 47.7 Å². The molecule has 4 aliphatic rings. The molecule has 0 aromatic carbocycles. The summed E-state index contributed by atoms with van der Waals surface area (Å²) < 4.78 is 30.7. The van der Waals surface area contributed by atoms with E-state index in [9.17, 15) is 59.7 Å². The summed E-state index contributed by atoms with van der Waals surface area (Å²) in [5.41, 5.74) is 0. The summed E-state index contributed by atoms with van der Waals surface area (Å²) in [6, 6.07) is -1.20. The monoisotopic (exact) mass is 1140 g/mol. The van der Waals surface area contributed by atoms with Gasteiger partial charge in [0, 0.05) is 50.9 Å². The molecular formula is C52H92N5O18S2. The normalized spacial score (nSPS) is 30.2. The number of ketones is 1. The van der Waals surface area contributed by atoms with Crippen LogP contribution < -0.4 is 26.6 Å². The molecule has 2 aliphatic carbocycles. The fourth-order valence-electron chi connectivity index (χ4n) is 10.0. The highest BCUT2D eigenvalue weighted by Gasteiger charge is 2.50. The zero-order valence-corrected chi connectivity index (χ0v) is 46.9. The number of carbonyl (C=O) groups is 5. The number of amides is 4. The lowest BCUT2D eigenvalue weighted by Gasteiger charge is -2.47. The molecule has 1 radical (unpaired) electrons. The summed E-state index contributed by atoms with van der Waals surface area (Å²) >= 11 is 2.60. The van der Waals surface area contributed by atoms with Crippen molar-refractivity contribution in [3.63, 3.8) is 0 Å². The second-order valence-corrected chi connectivity index (χ2v) is 23.0. The Morgan fingerprint density at radius 3 is 2.06 bits per heavy atom. The van der Waals surface area contributed by atoms with E-state index in [1.54, 1.807) is 13.7 Å². The molecule has 0 bridgehead atoms. The van der Waals surface area contributed by atoms with Crippen LogP contribution >= 0.6 is 23.5 Å². The van der Waals surface area contributed by atoms with Gasteiger partial charge in [0.25, 0.3) is 0 Å². The second-order valence-electron chi connectivity index (χ2n) is 20.9. The molecule has 4 rings (SSSR count). The van der Waals surface area contributed by atoms with Crippen molar-refractivity contribution in [1.82, 2.24) is 26.6 Å². The van der Waals surface area contributed by atoms with Gasteiger partial charge in [-0.15, -0.1) is 11.8 Å². The van der Waals surface area contributed by atoms with Gasteiger partial charge in [0.2, 0.25) is 23.6 Å². The number of hydrogen-bond donors (Lipinski definition) is 13. The minimum Gasteiger partial charge on any atom is -0.396 e. The zero-order valence-electron chi connectivity index (χ0n) is 45.3. The van der Waals surface area contributed by atoms with Crippen LogP contribution in [0.15, 0.2) is 0 Å². The Hall–Kier alpha value is -2.31.